The first-order valence-electron chi connectivity index (χ1n) is 9.18. The minimum absolute atomic E-state index is 0. The molecule has 5 heteroatoms. The molecule has 26 heavy (non-hydrogen) atoms. The highest BCUT2D eigenvalue weighted by Gasteiger charge is 2.32. The van der Waals surface area contributed by atoms with E-state index in [2.05, 4.69) is 49.9 Å². The fraction of sp³-hybridized carbons (Fsp3) is 0.476. The molecule has 0 bridgehead atoms. The summed E-state index contributed by atoms with van der Waals surface area (Å²) in [6.07, 6.45) is 3.81. The van der Waals surface area contributed by atoms with Crippen LogP contribution in [0.25, 0.3) is 0 Å². The van der Waals surface area contributed by atoms with Gasteiger partial charge in [0.1, 0.15) is 0 Å². The fourth-order valence-corrected chi connectivity index (χ4v) is 3.69. The van der Waals surface area contributed by atoms with E-state index in [1.165, 1.54) is 11.1 Å². The minimum atomic E-state index is 0. The maximum atomic E-state index is 12.6. The summed E-state index contributed by atoms with van der Waals surface area (Å²) >= 11 is 0. The largest absolute Gasteiger partial charge is 0.459 e. The molecule has 1 amide bonds. The van der Waals surface area contributed by atoms with E-state index in [1.54, 1.807) is 18.4 Å². The summed E-state index contributed by atoms with van der Waals surface area (Å²) in [4.78, 5) is 17.0. The molecule has 3 rings (SSSR count). The first kappa shape index (κ1) is 20.5. The van der Waals surface area contributed by atoms with E-state index in [0.29, 0.717) is 11.8 Å². The van der Waals surface area contributed by atoms with Crippen LogP contribution in [0.4, 0.5) is 0 Å². The van der Waals surface area contributed by atoms with Gasteiger partial charge in [-0.1, -0.05) is 29.8 Å². The SMILES string of the molecule is Cc1cccc(CCCN2C[C@H](C)N(C(=O)c3ccco3)C[C@H]2C)c1.Cl. The number of carbonyl (C=O) groups is 1. The van der Waals surface area contributed by atoms with Crippen molar-refractivity contribution < 1.29 is 9.21 Å². The van der Waals surface area contributed by atoms with Crippen molar-refractivity contribution in [3.05, 3.63) is 59.5 Å². The predicted molar refractivity (Wildman–Crippen MR) is 107 cm³/mol. The average molecular weight is 377 g/mol. The van der Waals surface area contributed by atoms with Gasteiger partial charge in [0.25, 0.3) is 5.91 Å². The van der Waals surface area contributed by atoms with Crippen LogP contribution < -0.4 is 0 Å². The van der Waals surface area contributed by atoms with Crippen molar-refractivity contribution in [1.82, 2.24) is 9.80 Å². The van der Waals surface area contributed by atoms with Crippen LogP contribution in [-0.4, -0.2) is 47.4 Å². The highest BCUT2D eigenvalue weighted by atomic mass is 35.5. The van der Waals surface area contributed by atoms with Gasteiger partial charge in [0.05, 0.1) is 6.26 Å². The van der Waals surface area contributed by atoms with Crippen molar-refractivity contribution in [1.29, 1.82) is 0 Å². The summed E-state index contributed by atoms with van der Waals surface area (Å²) in [5, 5.41) is 0. The number of furan rings is 1. The van der Waals surface area contributed by atoms with Gasteiger partial charge >= 0.3 is 0 Å². The van der Waals surface area contributed by atoms with Crippen LogP contribution in [0.1, 0.15) is 41.9 Å². The van der Waals surface area contributed by atoms with Gasteiger partial charge in [-0.05, 0) is 57.9 Å². The van der Waals surface area contributed by atoms with Crippen molar-refractivity contribution in [2.75, 3.05) is 19.6 Å². The Balaban J connectivity index is 0.00000243. The molecule has 142 valence electrons. The van der Waals surface area contributed by atoms with Gasteiger partial charge in [0.15, 0.2) is 5.76 Å². The summed E-state index contributed by atoms with van der Waals surface area (Å²) in [5.41, 5.74) is 2.73. The molecule has 0 spiro atoms. The molecule has 4 nitrogen and oxygen atoms in total. The third kappa shape index (κ3) is 4.89. The van der Waals surface area contributed by atoms with E-state index in [4.69, 9.17) is 4.42 Å². The minimum Gasteiger partial charge on any atom is -0.459 e. The summed E-state index contributed by atoms with van der Waals surface area (Å²) in [6.45, 7) is 9.22. The van der Waals surface area contributed by atoms with Crippen molar-refractivity contribution >= 4 is 18.3 Å². The number of hydrogen-bond donors (Lipinski definition) is 0. The van der Waals surface area contributed by atoms with Gasteiger partial charge < -0.3 is 9.32 Å². The number of amides is 1. The number of rotatable bonds is 5. The van der Waals surface area contributed by atoms with E-state index in [0.717, 1.165) is 32.5 Å². The topological polar surface area (TPSA) is 36.7 Å². The average Bonchev–Trinajstić information content (AvgIpc) is 3.11. The standard InChI is InChI=1S/C21H28N2O2.ClH/c1-16-7-4-8-19(13-16)9-5-11-22-14-18(3)23(15-17(22)2)21(24)20-10-6-12-25-20;/h4,6-8,10,12-13,17-18H,5,9,11,14-15H2,1-3H3;1H/t17-,18+;/m1./s1. The maximum Gasteiger partial charge on any atom is 0.289 e. The molecule has 0 radical (unpaired) electrons. The van der Waals surface area contributed by atoms with Crippen molar-refractivity contribution in [2.24, 2.45) is 0 Å². The van der Waals surface area contributed by atoms with Crippen LogP contribution in [-0.2, 0) is 6.42 Å². The van der Waals surface area contributed by atoms with Crippen LogP contribution in [0.15, 0.2) is 47.1 Å². The van der Waals surface area contributed by atoms with E-state index in [9.17, 15) is 4.79 Å². The van der Waals surface area contributed by atoms with E-state index in [1.807, 2.05) is 4.90 Å². The molecule has 0 unspecified atom stereocenters. The molecular formula is C21H29ClN2O2. The van der Waals surface area contributed by atoms with E-state index >= 15 is 0 Å². The molecule has 2 heterocycles. The van der Waals surface area contributed by atoms with Crippen molar-refractivity contribution in [3.63, 3.8) is 0 Å². The van der Waals surface area contributed by atoms with Crippen molar-refractivity contribution in [2.45, 2.75) is 45.7 Å². The Morgan fingerprint density at radius 1 is 1.15 bits per heavy atom. The number of piperazine rings is 1. The summed E-state index contributed by atoms with van der Waals surface area (Å²) < 4.78 is 5.28. The Morgan fingerprint density at radius 3 is 2.65 bits per heavy atom. The quantitative estimate of drug-likeness (QED) is 0.785. The monoisotopic (exact) mass is 376 g/mol. The molecule has 2 aromatic rings. The van der Waals surface area contributed by atoms with Crippen LogP contribution in [0.3, 0.4) is 0 Å². The molecule has 1 aliphatic rings. The van der Waals surface area contributed by atoms with E-state index < -0.39 is 0 Å². The van der Waals surface area contributed by atoms with E-state index in [-0.39, 0.29) is 24.4 Å². The molecule has 0 N–H and O–H groups in total. The molecule has 1 aromatic carbocycles. The summed E-state index contributed by atoms with van der Waals surface area (Å²) in [5.74, 6) is 0.440. The molecule has 1 fully saturated rings. The Kier molecular flexibility index (Phi) is 7.30. The number of aryl methyl sites for hydroxylation is 2. The van der Waals surface area contributed by atoms with Crippen LogP contribution in [0.2, 0.25) is 0 Å². The Morgan fingerprint density at radius 2 is 1.96 bits per heavy atom. The molecule has 1 aliphatic heterocycles. The lowest BCUT2D eigenvalue weighted by molar-refractivity contribution is 0.0290. The second-order valence-electron chi connectivity index (χ2n) is 7.22. The summed E-state index contributed by atoms with van der Waals surface area (Å²) in [6, 6.07) is 12.8. The number of nitrogens with zero attached hydrogens (tertiary/aromatic N) is 2. The van der Waals surface area contributed by atoms with Gasteiger partial charge in [0.2, 0.25) is 0 Å². The molecule has 1 saturated heterocycles. The zero-order chi connectivity index (χ0) is 17.8. The maximum absolute atomic E-state index is 12.6. The third-order valence-corrected chi connectivity index (χ3v) is 5.10. The first-order valence-corrected chi connectivity index (χ1v) is 9.18. The molecule has 0 aliphatic carbocycles. The van der Waals surface area contributed by atoms with Crippen LogP contribution in [0.5, 0.6) is 0 Å². The zero-order valence-corrected chi connectivity index (χ0v) is 16.7. The van der Waals surface area contributed by atoms with Crippen molar-refractivity contribution in [3.8, 4) is 0 Å². The number of hydrogen-bond acceptors (Lipinski definition) is 3. The Bertz CT molecular complexity index is 702. The van der Waals surface area contributed by atoms with Gasteiger partial charge in [-0.25, -0.2) is 0 Å². The normalized spacial score (nSPS) is 20.7. The highest BCUT2D eigenvalue weighted by molar-refractivity contribution is 5.91. The highest BCUT2D eigenvalue weighted by Crippen LogP contribution is 2.19. The lowest BCUT2D eigenvalue weighted by Crippen LogP contribution is -2.58. The Labute approximate surface area is 162 Å². The molecule has 1 aromatic heterocycles. The lowest BCUT2D eigenvalue weighted by atomic mass is 10.0. The van der Waals surface area contributed by atoms with Gasteiger partial charge in [0, 0.05) is 25.2 Å². The third-order valence-electron chi connectivity index (χ3n) is 5.10. The second kappa shape index (κ2) is 9.24. The number of carbonyl (C=O) groups excluding carboxylic acids is 1. The second-order valence-corrected chi connectivity index (χ2v) is 7.22. The Hall–Kier alpha value is -1.78. The number of halogens is 1. The molecule has 0 saturated carbocycles. The van der Waals surface area contributed by atoms with Crippen LogP contribution in [0, 0.1) is 6.92 Å². The van der Waals surface area contributed by atoms with Gasteiger partial charge in [-0.3, -0.25) is 9.69 Å². The zero-order valence-electron chi connectivity index (χ0n) is 15.9. The molecule has 2 atom stereocenters. The smallest absolute Gasteiger partial charge is 0.289 e. The fourth-order valence-electron chi connectivity index (χ4n) is 3.69. The molecular weight excluding hydrogens is 348 g/mol. The van der Waals surface area contributed by atoms with Gasteiger partial charge in [-0.15, -0.1) is 12.4 Å². The summed E-state index contributed by atoms with van der Waals surface area (Å²) in [7, 11) is 0. The van der Waals surface area contributed by atoms with Gasteiger partial charge in [-0.2, -0.15) is 0 Å². The predicted octanol–water partition coefficient (Wildman–Crippen LogP) is 4.18. The van der Waals surface area contributed by atoms with Crippen LogP contribution >= 0.6 is 12.4 Å². The number of benzene rings is 1. The lowest BCUT2D eigenvalue weighted by Gasteiger charge is -2.44. The first-order chi connectivity index (χ1) is 12.0.